The van der Waals surface area contributed by atoms with Crippen molar-refractivity contribution < 1.29 is 0 Å². The van der Waals surface area contributed by atoms with Crippen LogP contribution in [0.5, 0.6) is 0 Å². The van der Waals surface area contributed by atoms with Crippen LogP contribution in [0.2, 0.25) is 0 Å². The van der Waals surface area contributed by atoms with Crippen molar-refractivity contribution in [1.29, 1.82) is 0 Å². The van der Waals surface area contributed by atoms with Crippen molar-refractivity contribution in [2.45, 2.75) is 86.5 Å². The van der Waals surface area contributed by atoms with Gasteiger partial charge in [0.05, 0.1) is 0 Å². The van der Waals surface area contributed by atoms with E-state index in [-0.39, 0.29) is 5.41 Å². The largest absolute Gasteiger partial charge is 0.310 e. The van der Waals surface area contributed by atoms with Gasteiger partial charge >= 0.3 is 0 Å². The van der Waals surface area contributed by atoms with Crippen LogP contribution in [-0.2, 0) is 5.41 Å². The number of aryl methyl sites for hydroxylation is 6. The van der Waals surface area contributed by atoms with Crippen molar-refractivity contribution in [3.8, 4) is 0 Å². The third-order valence-corrected chi connectivity index (χ3v) is 11.6. The second kappa shape index (κ2) is 14.2. The number of benzene rings is 6. The van der Waals surface area contributed by atoms with Gasteiger partial charge in [-0.25, -0.2) is 0 Å². The smallest absolute Gasteiger partial charge is 0.0490 e. The average Bonchev–Trinajstić information content (AvgIpc) is 3.13. The second-order valence-electron chi connectivity index (χ2n) is 16.3. The first-order valence-electron chi connectivity index (χ1n) is 19.0. The van der Waals surface area contributed by atoms with Crippen molar-refractivity contribution >= 4 is 34.1 Å². The molecule has 0 spiro atoms. The summed E-state index contributed by atoms with van der Waals surface area (Å²) < 4.78 is 0. The number of hydrogen-bond acceptors (Lipinski definition) is 2. The van der Waals surface area contributed by atoms with Gasteiger partial charge in [-0.05, 0) is 156 Å². The van der Waals surface area contributed by atoms with E-state index in [0.29, 0.717) is 5.41 Å². The fourth-order valence-electron chi connectivity index (χ4n) is 8.14. The molecule has 1 aliphatic carbocycles. The standard InChI is InChI=1S/C50H54N2/c1-35-9-19-43(20-10-35)51(44-21-11-36(2)12-22-44)47-27-17-41(33-39(47)5)50(31-29-49(7,8)30-32-50)42-18-28-48(40(6)34-42)52(45-23-13-37(3)14-24-45)46-25-15-38(4)16-26-46/h9-28,33-34H,29-32H2,1-8H3. The summed E-state index contributed by atoms with van der Waals surface area (Å²) in [5, 5.41) is 0. The van der Waals surface area contributed by atoms with Gasteiger partial charge in [-0.2, -0.15) is 0 Å². The van der Waals surface area contributed by atoms with E-state index in [4.69, 9.17) is 0 Å². The molecule has 264 valence electrons. The highest BCUT2D eigenvalue weighted by Gasteiger charge is 2.41. The predicted molar refractivity (Wildman–Crippen MR) is 224 cm³/mol. The van der Waals surface area contributed by atoms with Crippen LogP contribution in [0.3, 0.4) is 0 Å². The fourth-order valence-corrected chi connectivity index (χ4v) is 8.14. The summed E-state index contributed by atoms with van der Waals surface area (Å²) in [6.07, 6.45) is 4.67. The van der Waals surface area contributed by atoms with E-state index in [1.165, 1.54) is 91.5 Å². The molecule has 6 aromatic rings. The Hall–Kier alpha value is -5.08. The summed E-state index contributed by atoms with van der Waals surface area (Å²) in [6, 6.07) is 50.3. The lowest BCUT2D eigenvalue weighted by Crippen LogP contribution is -2.36. The maximum absolute atomic E-state index is 2.50. The number of hydrogen-bond donors (Lipinski definition) is 0. The molecule has 1 fully saturated rings. The molecule has 1 aliphatic rings. The number of nitrogens with zero attached hydrogens (tertiary/aromatic N) is 2. The van der Waals surface area contributed by atoms with Gasteiger partial charge in [-0.1, -0.05) is 109 Å². The molecule has 2 nitrogen and oxygen atoms in total. The van der Waals surface area contributed by atoms with Crippen molar-refractivity contribution in [3.63, 3.8) is 0 Å². The first-order chi connectivity index (χ1) is 24.9. The minimum atomic E-state index is -0.0564. The Balaban J connectivity index is 1.32. The highest BCUT2D eigenvalue weighted by atomic mass is 15.1. The molecular formula is C50H54N2. The molecule has 0 aromatic heterocycles. The average molecular weight is 683 g/mol. The summed E-state index contributed by atoms with van der Waals surface area (Å²) in [5.41, 5.74) is 18.0. The molecule has 0 saturated heterocycles. The van der Waals surface area contributed by atoms with Gasteiger partial charge in [-0.3, -0.25) is 0 Å². The summed E-state index contributed by atoms with van der Waals surface area (Å²) in [6.45, 7) is 18.1. The van der Waals surface area contributed by atoms with Crippen molar-refractivity contribution in [1.82, 2.24) is 0 Å². The third-order valence-electron chi connectivity index (χ3n) is 11.6. The molecule has 0 atom stereocenters. The van der Waals surface area contributed by atoms with E-state index in [1.807, 2.05) is 0 Å². The Labute approximate surface area is 312 Å². The van der Waals surface area contributed by atoms with Crippen molar-refractivity contribution in [3.05, 3.63) is 178 Å². The van der Waals surface area contributed by atoms with Crippen LogP contribution in [0.25, 0.3) is 0 Å². The Kier molecular flexibility index (Phi) is 9.61. The van der Waals surface area contributed by atoms with Crippen molar-refractivity contribution in [2.75, 3.05) is 9.80 Å². The number of rotatable bonds is 8. The molecule has 52 heavy (non-hydrogen) atoms. The van der Waals surface area contributed by atoms with Crippen LogP contribution < -0.4 is 9.80 Å². The third kappa shape index (κ3) is 7.04. The number of anilines is 6. The molecule has 0 radical (unpaired) electrons. The molecule has 0 N–H and O–H groups in total. The zero-order valence-electron chi connectivity index (χ0n) is 32.4. The molecule has 2 heteroatoms. The van der Waals surface area contributed by atoms with E-state index in [1.54, 1.807) is 0 Å². The van der Waals surface area contributed by atoms with Gasteiger partial charge in [0.15, 0.2) is 0 Å². The molecule has 0 unspecified atom stereocenters. The van der Waals surface area contributed by atoms with Gasteiger partial charge in [0.25, 0.3) is 0 Å². The van der Waals surface area contributed by atoms with Crippen LogP contribution in [0.1, 0.15) is 84.0 Å². The topological polar surface area (TPSA) is 6.48 Å². The first-order valence-corrected chi connectivity index (χ1v) is 19.0. The zero-order chi connectivity index (χ0) is 36.6. The lowest BCUT2D eigenvalue weighted by molar-refractivity contribution is 0.185. The predicted octanol–water partition coefficient (Wildman–Crippen LogP) is 14.4. The fraction of sp³-hybridized carbons (Fsp3) is 0.280. The van der Waals surface area contributed by atoms with Crippen LogP contribution in [-0.4, -0.2) is 0 Å². The Morgan fingerprint density at radius 1 is 0.365 bits per heavy atom. The van der Waals surface area contributed by atoms with Crippen molar-refractivity contribution in [2.24, 2.45) is 5.41 Å². The van der Waals surface area contributed by atoms with Gasteiger partial charge in [-0.15, -0.1) is 0 Å². The summed E-state index contributed by atoms with van der Waals surface area (Å²) in [7, 11) is 0. The Bertz CT molecular complexity index is 1910. The van der Waals surface area contributed by atoms with Crippen LogP contribution in [0.4, 0.5) is 34.1 Å². The maximum atomic E-state index is 2.50. The van der Waals surface area contributed by atoms with E-state index in [2.05, 4.69) is 199 Å². The first kappa shape index (κ1) is 35.3. The minimum absolute atomic E-state index is 0.0564. The van der Waals surface area contributed by atoms with E-state index >= 15 is 0 Å². The minimum Gasteiger partial charge on any atom is -0.310 e. The Morgan fingerprint density at radius 3 is 0.923 bits per heavy atom. The van der Waals surface area contributed by atoms with Crippen LogP contribution in [0.15, 0.2) is 133 Å². The van der Waals surface area contributed by atoms with Gasteiger partial charge in [0.1, 0.15) is 0 Å². The van der Waals surface area contributed by atoms with E-state index < -0.39 is 0 Å². The highest BCUT2D eigenvalue weighted by Crippen LogP contribution is 2.52. The molecule has 0 bridgehead atoms. The van der Waals surface area contributed by atoms with Gasteiger partial charge in [0, 0.05) is 39.5 Å². The van der Waals surface area contributed by atoms with Gasteiger partial charge < -0.3 is 9.80 Å². The second-order valence-corrected chi connectivity index (χ2v) is 16.3. The monoisotopic (exact) mass is 682 g/mol. The van der Waals surface area contributed by atoms with Crippen LogP contribution in [0, 0.1) is 47.0 Å². The van der Waals surface area contributed by atoms with E-state index in [0.717, 1.165) is 12.8 Å². The molecular weight excluding hydrogens is 629 g/mol. The summed E-state index contributed by atoms with van der Waals surface area (Å²) in [5.74, 6) is 0. The Morgan fingerprint density at radius 2 is 0.654 bits per heavy atom. The van der Waals surface area contributed by atoms with E-state index in [9.17, 15) is 0 Å². The lowest BCUT2D eigenvalue weighted by atomic mass is 9.59. The quantitative estimate of drug-likeness (QED) is 0.158. The van der Waals surface area contributed by atoms with Crippen LogP contribution >= 0.6 is 0 Å². The molecule has 6 aromatic carbocycles. The molecule has 1 saturated carbocycles. The maximum Gasteiger partial charge on any atom is 0.0490 e. The van der Waals surface area contributed by atoms with Gasteiger partial charge in [0.2, 0.25) is 0 Å². The summed E-state index contributed by atoms with van der Waals surface area (Å²) >= 11 is 0. The summed E-state index contributed by atoms with van der Waals surface area (Å²) in [4.78, 5) is 4.83. The highest BCUT2D eigenvalue weighted by molar-refractivity contribution is 5.80. The molecule has 0 amide bonds. The lowest BCUT2D eigenvalue weighted by Gasteiger charge is -2.45. The molecule has 7 rings (SSSR count). The molecule has 0 aliphatic heterocycles. The normalized spacial score (nSPS) is 14.9. The SMILES string of the molecule is Cc1ccc(N(c2ccc(C)cc2)c2ccc(C3(c4ccc(N(c5ccc(C)cc5)c5ccc(C)cc5)c(C)c4)CCC(C)(C)CC3)cc2C)cc1. The molecule has 0 heterocycles. The zero-order valence-corrected chi connectivity index (χ0v) is 32.4.